The molecule has 13 nitrogen and oxygen atoms in total. The Hall–Kier alpha value is -3.29. The average Bonchev–Trinajstić information content (AvgIpc) is 3.57. The van der Waals surface area contributed by atoms with E-state index in [1.165, 1.54) is 0 Å². The minimum atomic E-state index is -0.235. The van der Waals surface area contributed by atoms with Gasteiger partial charge in [-0.1, -0.05) is 13.8 Å². The largest absolute Gasteiger partial charge is 0.466 e. The van der Waals surface area contributed by atoms with Crippen molar-refractivity contribution in [1.29, 1.82) is 0 Å². The molecule has 0 radical (unpaired) electrons. The van der Waals surface area contributed by atoms with Crippen molar-refractivity contribution in [2.75, 3.05) is 52.7 Å². The molecule has 2 spiro atoms. The Kier molecular flexibility index (Phi) is 12.2. The van der Waals surface area contributed by atoms with Gasteiger partial charge in [0.1, 0.15) is 0 Å². The zero-order chi connectivity index (χ0) is 35.2. The normalized spacial score (nSPS) is 20.9. The molecule has 0 aromatic carbocycles. The lowest BCUT2D eigenvalue weighted by Crippen LogP contribution is -2.41. The lowest BCUT2D eigenvalue weighted by Gasteiger charge is -2.36. The fourth-order valence-corrected chi connectivity index (χ4v) is 7.85. The molecule has 2 aromatic rings. The molecule has 2 amide bonds. The van der Waals surface area contributed by atoms with Gasteiger partial charge in [0.15, 0.2) is 0 Å². The van der Waals surface area contributed by atoms with E-state index in [2.05, 4.69) is 17.6 Å². The van der Waals surface area contributed by atoms with E-state index in [4.69, 9.17) is 24.4 Å². The molecule has 0 aliphatic carbocycles. The maximum atomic E-state index is 12.8. The number of aliphatic hydroxyl groups excluding tert-OH is 1. The molecule has 0 saturated carbocycles. The Labute approximate surface area is 289 Å². The molecule has 4 aliphatic heterocycles. The zero-order valence-electron chi connectivity index (χ0n) is 30.1. The van der Waals surface area contributed by atoms with Crippen molar-refractivity contribution >= 4 is 17.8 Å². The molecule has 2 fully saturated rings. The number of carbonyl (C=O) groups excluding carboxylic acids is 3. The number of carbonyl (C=O) groups is 3. The lowest BCUT2D eigenvalue weighted by atomic mass is 9.76. The van der Waals surface area contributed by atoms with Crippen LogP contribution < -0.4 is 10.6 Å². The molecule has 2 unspecified atom stereocenters. The van der Waals surface area contributed by atoms with E-state index in [1.54, 1.807) is 6.92 Å². The maximum Gasteiger partial charge on any atom is 0.307 e. The molecule has 4 aliphatic rings. The standard InChI is InChI=1S/C19H29N3O4.C17H27N3O3/c1-4-14-17-15(22(21-14)13(3)10-16(23)26-5-2)11-19(12-20-18(17)24)6-8-25-9-7-19;1-3-13-15-14(20(19-13)12(2)4-7-21)10-17(11-18-16(15)22)5-8-23-9-6-17/h13H,4-12H2,1-3H3,(H,20,24);12,21H,3-11H2,1-2H3,(H,18,22). The van der Waals surface area contributed by atoms with Gasteiger partial charge >= 0.3 is 5.97 Å². The summed E-state index contributed by atoms with van der Waals surface area (Å²) >= 11 is 0. The van der Waals surface area contributed by atoms with Crippen LogP contribution in [0.25, 0.3) is 0 Å². The van der Waals surface area contributed by atoms with Crippen LogP contribution in [0.5, 0.6) is 0 Å². The number of ether oxygens (including phenoxy) is 3. The highest BCUT2D eigenvalue weighted by Crippen LogP contribution is 2.39. The number of aryl methyl sites for hydroxylation is 2. The highest BCUT2D eigenvalue weighted by molar-refractivity contribution is 5.97. The van der Waals surface area contributed by atoms with Gasteiger partial charge in [-0.25, -0.2) is 0 Å². The second kappa shape index (κ2) is 16.2. The van der Waals surface area contributed by atoms with Crippen LogP contribution in [0, 0.1) is 10.8 Å². The predicted octanol–water partition coefficient (Wildman–Crippen LogP) is 3.51. The summed E-state index contributed by atoms with van der Waals surface area (Å²) in [4.78, 5) is 37.4. The van der Waals surface area contributed by atoms with E-state index in [0.717, 1.165) is 99.7 Å². The predicted molar refractivity (Wildman–Crippen MR) is 183 cm³/mol. The van der Waals surface area contributed by atoms with Crippen molar-refractivity contribution in [2.45, 2.75) is 111 Å². The minimum absolute atomic E-state index is 0.00247. The van der Waals surface area contributed by atoms with E-state index in [1.807, 2.05) is 30.1 Å². The van der Waals surface area contributed by atoms with Crippen molar-refractivity contribution in [1.82, 2.24) is 30.2 Å². The van der Waals surface area contributed by atoms with Gasteiger partial charge in [0.05, 0.1) is 59.0 Å². The van der Waals surface area contributed by atoms with Gasteiger partial charge in [-0.05, 0) is 89.4 Å². The third kappa shape index (κ3) is 8.04. The summed E-state index contributed by atoms with van der Waals surface area (Å²) in [7, 11) is 0. The minimum Gasteiger partial charge on any atom is -0.466 e. The van der Waals surface area contributed by atoms with Crippen molar-refractivity contribution in [2.24, 2.45) is 10.8 Å². The van der Waals surface area contributed by atoms with Gasteiger partial charge < -0.3 is 30.0 Å². The van der Waals surface area contributed by atoms with Crippen LogP contribution in [0.4, 0.5) is 0 Å². The fraction of sp³-hybridized carbons (Fsp3) is 0.750. The first-order valence-corrected chi connectivity index (χ1v) is 18.3. The number of nitrogens with one attached hydrogen (secondary N) is 2. The molecule has 3 N–H and O–H groups in total. The highest BCUT2D eigenvalue weighted by atomic mass is 16.5. The smallest absolute Gasteiger partial charge is 0.307 e. The molecular formula is C36H56N6O7. The number of rotatable bonds is 9. The summed E-state index contributed by atoms with van der Waals surface area (Å²) in [5.41, 5.74) is 5.21. The van der Waals surface area contributed by atoms with E-state index in [0.29, 0.717) is 38.1 Å². The maximum absolute atomic E-state index is 12.8. The number of amides is 2. The van der Waals surface area contributed by atoms with E-state index < -0.39 is 0 Å². The van der Waals surface area contributed by atoms with Crippen LogP contribution in [-0.2, 0) is 44.7 Å². The molecule has 13 heteroatoms. The second-order valence-corrected chi connectivity index (χ2v) is 14.3. The lowest BCUT2D eigenvalue weighted by molar-refractivity contribution is -0.144. The Morgan fingerprint density at radius 1 is 0.816 bits per heavy atom. The number of hydrogen-bond acceptors (Lipinski definition) is 9. The average molecular weight is 685 g/mol. The van der Waals surface area contributed by atoms with Crippen LogP contribution in [0.1, 0.15) is 129 Å². The summed E-state index contributed by atoms with van der Waals surface area (Å²) < 4.78 is 20.0. The zero-order valence-corrected chi connectivity index (χ0v) is 30.1. The third-order valence-corrected chi connectivity index (χ3v) is 10.9. The summed E-state index contributed by atoms with van der Waals surface area (Å²) in [6.07, 6.45) is 7.74. The number of esters is 1. The fourth-order valence-electron chi connectivity index (χ4n) is 7.85. The number of nitrogens with zero attached hydrogens (tertiary/aromatic N) is 4. The first kappa shape index (κ1) is 37.0. The Bertz CT molecular complexity index is 1470. The summed E-state index contributed by atoms with van der Waals surface area (Å²) in [6.45, 7) is 14.7. The molecule has 2 saturated heterocycles. The highest BCUT2D eigenvalue weighted by Gasteiger charge is 2.41. The number of fused-ring (bicyclic) bond motifs is 2. The van der Waals surface area contributed by atoms with E-state index in [-0.39, 0.29) is 53.7 Å². The second-order valence-electron chi connectivity index (χ2n) is 14.3. The van der Waals surface area contributed by atoms with Gasteiger partial charge in [-0.2, -0.15) is 10.2 Å². The Morgan fingerprint density at radius 3 is 1.67 bits per heavy atom. The van der Waals surface area contributed by atoms with Crippen LogP contribution >= 0.6 is 0 Å². The van der Waals surface area contributed by atoms with Gasteiger partial charge in [0, 0.05) is 46.1 Å². The molecule has 272 valence electrons. The van der Waals surface area contributed by atoms with Crippen molar-refractivity contribution < 1.29 is 33.7 Å². The third-order valence-electron chi connectivity index (χ3n) is 10.9. The topological polar surface area (TPSA) is 159 Å². The van der Waals surface area contributed by atoms with Crippen molar-refractivity contribution in [3.8, 4) is 0 Å². The van der Waals surface area contributed by atoms with Crippen LogP contribution in [0.2, 0.25) is 0 Å². The first-order chi connectivity index (χ1) is 23.6. The van der Waals surface area contributed by atoms with Gasteiger partial charge in [0.2, 0.25) is 0 Å². The quantitative estimate of drug-likeness (QED) is 0.336. The monoisotopic (exact) mass is 684 g/mol. The molecule has 0 bridgehead atoms. The molecule has 49 heavy (non-hydrogen) atoms. The Balaban J connectivity index is 0.000000192. The molecule has 6 rings (SSSR count). The van der Waals surface area contributed by atoms with E-state index in [9.17, 15) is 19.5 Å². The van der Waals surface area contributed by atoms with Gasteiger partial charge in [-0.3, -0.25) is 23.7 Å². The van der Waals surface area contributed by atoms with Crippen molar-refractivity contribution in [3.63, 3.8) is 0 Å². The summed E-state index contributed by atoms with van der Waals surface area (Å²) in [5, 5.41) is 24.9. The van der Waals surface area contributed by atoms with Crippen molar-refractivity contribution in [3.05, 3.63) is 33.9 Å². The van der Waals surface area contributed by atoms with Crippen LogP contribution in [0.3, 0.4) is 0 Å². The molecule has 2 aromatic heterocycles. The van der Waals surface area contributed by atoms with Crippen LogP contribution in [0.15, 0.2) is 0 Å². The van der Waals surface area contributed by atoms with Gasteiger partial charge in [0.25, 0.3) is 11.8 Å². The SMILES string of the molecule is CCOC(=O)CC(C)n1nc(CC)c2c1CC1(CCOCC1)CNC2=O.CCc1nn(C(C)CCO)c2c1C(=O)NCC1(CCOCC1)C2. The summed E-state index contributed by atoms with van der Waals surface area (Å²) in [6, 6.07) is -0.0530. The van der Waals surface area contributed by atoms with Gasteiger partial charge in [-0.15, -0.1) is 0 Å². The molecule has 6 heterocycles. The Morgan fingerprint density at radius 2 is 1.27 bits per heavy atom. The number of aliphatic hydroxyl groups is 1. The van der Waals surface area contributed by atoms with E-state index >= 15 is 0 Å². The molecular weight excluding hydrogens is 628 g/mol. The summed E-state index contributed by atoms with van der Waals surface area (Å²) in [5.74, 6) is -0.279. The number of hydrogen-bond donors (Lipinski definition) is 3. The number of aromatic nitrogens is 4. The molecule has 2 atom stereocenters. The first-order valence-electron chi connectivity index (χ1n) is 18.3. The van der Waals surface area contributed by atoms with Crippen LogP contribution in [-0.4, -0.2) is 95.2 Å².